The van der Waals surface area contributed by atoms with E-state index in [9.17, 15) is 9.18 Å². The van der Waals surface area contributed by atoms with E-state index in [0.29, 0.717) is 18.2 Å². The van der Waals surface area contributed by atoms with Crippen molar-refractivity contribution in [1.29, 1.82) is 0 Å². The van der Waals surface area contributed by atoms with Crippen molar-refractivity contribution in [1.82, 2.24) is 10.3 Å². The van der Waals surface area contributed by atoms with Gasteiger partial charge in [0.1, 0.15) is 11.6 Å². The summed E-state index contributed by atoms with van der Waals surface area (Å²) in [4.78, 5) is 18.7. The van der Waals surface area contributed by atoms with Crippen molar-refractivity contribution in [2.24, 2.45) is 0 Å². The first-order valence-corrected chi connectivity index (χ1v) is 9.77. The van der Waals surface area contributed by atoms with E-state index in [-0.39, 0.29) is 11.7 Å². The van der Waals surface area contributed by atoms with Gasteiger partial charge in [0.05, 0.1) is 4.88 Å². The van der Waals surface area contributed by atoms with Crippen LogP contribution in [0.15, 0.2) is 48.7 Å². The minimum absolute atomic E-state index is 0.0489. The molecule has 0 unspecified atom stereocenters. The van der Waals surface area contributed by atoms with Crippen LogP contribution in [0.3, 0.4) is 0 Å². The van der Waals surface area contributed by atoms with Crippen LogP contribution < -0.4 is 10.1 Å². The quantitative estimate of drug-likeness (QED) is 0.684. The van der Waals surface area contributed by atoms with Crippen LogP contribution in [0.4, 0.5) is 4.39 Å². The molecule has 0 bridgehead atoms. The van der Waals surface area contributed by atoms with Gasteiger partial charge in [-0.15, -0.1) is 11.3 Å². The molecular formula is C21H19FN2O2S. The number of carbonyl (C=O) groups is 1. The molecule has 1 aliphatic rings. The molecule has 2 aromatic heterocycles. The Morgan fingerprint density at radius 3 is 2.78 bits per heavy atom. The monoisotopic (exact) mass is 382 g/mol. The first-order valence-electron chi connectivity index (χ1n) is 8.95. The van der Waals surface area contributed by atoms with Crippen LogP contribution >= 0.6 is 11.3 Å². The average molecular weight is 382 g/mol. The minimum Gasteiger partial charge on any atom is -0.439 e. The maximum atomic E-state index is 13.0. The number of thiophene rings is 1. The van der Waals surface area contributed by atoms with Crippen LogP contribution in [-0.4, -0.2) is 10.9 Å². The number of fused-ring (bicyclic) bond motifs is 1. The van der Waals surface area contributed by atoms with Crippen molar-refractivity contribution in [2.75, 3.05) is 0 Å². The molecule has 1 aromatic carbocycles. The van der Waals surface area contributed by atoms with E-state index in [4.69, 9.17) is 4.74 Å². The van der Waals surface area contributed by atoms with E-state index in [0.717, 1.165) is 23.3 Å². The molecule has 138 valence electrons. The van der Waals surface area contributed by atoms with Crippen molar-refractivity contribution in [2.45, 2.75) is 32.2 Å². The van der Waals surface area contributed by atoms with Crippen LogP contribution in [0.1, 0.15) is 38.5 Å². The van der Waals surface area contributed by atoms with Gasteiger partial charge < -0.3 is 10.1 Å². The van der Waals surface area contributed by atoms with E-state index in [1.54, 1.807) is 35.7 Å². The van der Waals surface area contributed by atoms with Crippen molar-refractivity contribution in [3.63, 3.8) is 0 Å². The predicted octanol–water partition coefficient (Wildman–Crippen LogP) is 4.88. The number of nitrogens with zero attached hydrogens (tertiary/aromatic N) is 1. The summed E-state index contributed by atoms with van der Waals surface area (Å²) in [6.45, 7) is 0.393. The van der Waals surface area contributed by atoms with E-state index in [1.165, 1.54) is 35.4 Å². The summed E-state index contributed by atoms with van der Waals surface area (Å²) in [7, 11) is 0. The highest BCUT2D eigenvalue weighted by Gasteiger charge is 2.17. The number of ether oxygens (including phenoxy) is 1. The maximum Gasteiger partial charge on any atom is 0.261 e. The summed E-state index contributed by atoms with van der Waals surface area (Å²) >= 11 is 1.60. The second kappa shape index (κ2) is 7.88. The van der Waals surface area contributed by atoms with E-state index in [1.807, 2.05) is 12.1 Å². The lowest BCUT2D eigenvalue weighted by atomic mass is 9.99. The molecule has 4 rings (SSSR count). The molecule has 0 saturated heterocycles. The largest absolute Gasteiger partial charge is 0.439 e. The average Bonchev–Trinajstić information content (AvgIpc) is 3.13. The van der Waals surface area contributed by atoms with E-state index >= 15 is 0 Å². The number of halogens is 1. The van der Waals surface area contributed by atoms with Crippen molar-refractivity contribution < 1.29 is 13.9 Å². The first-order chi connectivity index (χ1) is 13.2. The van der Waals surface area contributed by atoms with Gasteiger partial charge in [-0.25, -0.2) is 9.37 Å². The van der Waals surface area contributed by atoms with Crippen LogP contribution in [0.5, 0.6) is 11.6 Å². The lowest BCUT2D eigenvalue weighted by Crippen LogP contribution is -2.21. The molecule has 2 heterocycles. The molecule has 27 heavy (non-hydrogen) atoms. The van der Waals surface area contributed by atoms with Crippen LogP contribution in [-0.2, 0) is 19.4 Å². The summed E-state index contributed by atoms with van der Waals surface area (Å²) in [5, 5.41) is 2.96. The molecule has 0 spiro atoms. The summed E-state index contributed by atoms with van der Waals surface area (Å²) in [5.41, 5.74) is 2.21. The zero-order valence-electron chi connectivity index (χ0n) is 14.7. The Bertz CT molecular complexity index is 930. The third-order valence-corrected chi connectivity index (χ3v) is 5.74. The highest BCUT2D eigenvalue weighted by Crippen LogP contribution is 2.29. The number of nitrogens with one attached hydrogen (secondary N) is 1. The van der Waals surface area contributed by atoms with Gasteiger partial charge in [0.15, 0.2) is 0 Å². The topological polar surface area (TPSA) is 51.2 Å². The van der Waals surface area contributed by atoms with Gasteiger partial charge in [0, 0.05) is 23.7 Å². The second-order valence-corrected chi connectivity index (χ2v) is 7.64. The Kier molecular flexibility index (Phi) is 5.16. The molecule has 0 atom stereocenters. The number of aryl methyl sites for hydroxylation is 2. The standard InChI is InChI=1S/C21H19FN2O2S/c22-16-5-7-17(8-6-16)26-20-11-14(9-10-23-20)13-24-21(25)19-12-15-3-1-2-4-18(15)27-19/h5-12H,1-4,13H2,(H,24,25). The fourth-order valence-electron chi connectivity index (χ4n) is 3.11. The normalized spacial score (nSPS) is 13.1. The number of aromatic nitrogens is 1. The number of pyridine rings is 1. The summed E-state index contributed by atoms with van der Waals surface area (Å²) in [5.74, 6) is 0.545. The van der Waals surface area contributed by atoms with Gasteiger partial charge in [-0.2, -0.15) is 0 Å². The van der Waals surface area contributed by atoms with Gasteiger partial charge in [0.25, 0.3) is 5.91 Å². The van der Waals surface area contributed by atoms with Crippen molar-refractivity contribution in [3.05, 3.63) is 75.4 Å². The van der Waals surface area contributed by atoms with Crippen LogP contribution in [0, 0.1) is 5.82 Å². The fourth-order valence-corrected chi connectivity index (χ4v) is 4.28. The molecule has 1 aliphatic carbocycles. The number of rotatable bonds is 5. The molecule has 4 nitrogen and oxygen atoms in total. The Hall–Kier alpha value is -2.73. The third-order valence-electron chi connectivity index (χ3n) is 4.51. The number of hydrogen-bond acceptors (Lipinski definition) is 4. The fraction of sp³-hybridized carbons (Fsp3) is 0.238. The molecule has 0 aliphatic heterocycles. The molecule has 0 radical (unpaired) electrons. The smallest absolute Gasteiger partial charge is 0.261 e. The van der Waals surface area contributed by atoms with Gasteiger partial charge in [-0.3, -0.25) is 4.79 Å². The van der Waals surface area contributed by atoms with E-state index in [2.05, 4.69) is 10.3 Å². The molecular weight excluding hydrogens is 363 g/mol. The highest BCUT2D eigenvalue weighted by atomic mass is 32.1. The van der Waals surface area contributed by atoms with E-state index < -0.39 is 0 Å². The Balaban J connectivity index is 1.38. The second-order valence-electron chi connectivity index (χ2n) is 6.51. The van der Waals surface area contributed by atoms with Gasteiger partial charge in [-0.05, 0) is 73.2 Å². The predicted molar refractivity (Wildman–Crippen MR) is 103 cm³/mol. The minimum atomic E-state index is -0.318. The Morgan fingerprint density at radius 2 is 1.96 bits per heavy atom. The molecule has 1 amide bonds. The van der Waals surface area contributed by atoms with Crippen LogP contribution in [0.2, 0.25) is 0 Å². The zero-order valence-corrected chi connectivity index (χ0v) is 15.5. The van der Waals surface area contributed by atoms with Gasteiger partial charge >= 0.3 is 0 Å². The number of hydrogen-bond donors (Lipinski definition) is 1. The molecule has 3 aromatic rings. The lowest BCUT2D eigenvalue weighted by molar-refractivity contribution is 0.0955. The first kappa shape index (κ1) is 17.7. The van der Waals surface area contributed by atoms with Crippen LogP contribution in [0.25, 0.3) is 0 Å². The summed E-state index contributed by atoms with van der Waals surface area (Å²) in [6, 6.07) is 11.4. The maximum absolute atomic E-state index is 13.0. The molecule has 1 N–H and O–H groups in total. The highest BCUT2D eigenvalue weighted by molar-refractivity contribution is 7.14. The SMILES string of the molecule is O=C(NCc1ccnc(Oc2ccc(F)cc2)c1)c1cc2c(s1)CCCC2. The summed E-state index contributed by atoms with van der Waals surface area (Å²) < 4.78 is 18.6. The summed E-state index contributed by atoms with van der Waals surface area (Å²) in [6.07, 6.45) is 6.21. The number of benzene rings is 1. The van der Waals surface area contributed by atoms with Crippen molar-refractivity contribution >= 4 is 17.2 Å². The zero-order chi connectivity index (χ0) is 18.6. The molecule has 6 heteroatoms. The van der Waals surface area contributed by atoms with Gasteiger partial charge in [0.2, 0.25) is 5.88 Å². The Morgan fingerprint density at radius 1 is 1.15 bits per heavy atom. The molecule has 0 saturated carbocycles. The third kappa shape index (κ3) is 4.34. The van der Waals surface area contributed by atoms with Crippen molar-refractivity contribution in [3.8, 4) is 11.6 Å². The number of carbonyl (C=O) groups excluding carboxylic acids is 1. The number of amides is 1. The molecule has 0 fully saturated rings. The Labute approximate surface area is 161 Å². The lowest BCUT2D eigenvalue weighted by Gasteiger charge is -2.08. The van der Waals surface area contributed by atoms with Gasteiger partial charge in [-0.1, -0.05) is 0 Å².